The molecule has 0 spiro atoms. The summed E-state index contributed by atoms with van der Waals surface area (Å²) in [4.78, 5) is 115. The molecule has 17 heteroatoms. The first kappa shape index (κ1) is 57.2. The quantitative estimate of drug-likeness (QED) is 0.0942. The van der Waals surface area contributed by atoms with Gasteiger partial charge in [0, 0.05) is 48.6 Å². The average Bonchev–Trinajstić information content (AvgIpc) is 4.03. The number of carbonyl (C=O) groups excluding carboxylic acids is 8. The first-order chi connectivity index (χ1) is 36.0. The van der Waals surface area contributed by atoms with E-state index in [4.69, 9.17) is 11.5 Å². The van der Waals surface area contributed by atoms with Crippen molar-refractivity contribution < 1.29 is 38.4 Å². The number of amides is 7. The third-order valence-corrected chi connectivity index (χ3v) is 16.0. The van der Waals surface area contributed by atoms with E-state index in [1.807, 2.05) is 84.9 Å². The molecular weight excluding hydrogens is 963 g/mol. The highest BCUT2D eigenvalue weighted by molar-refractivity contribution is 5.99. The molecule has 7 amide bonds. The van der Waals surface area contributed by atoms with Crippen molar-refractivity contribution >= 4 is 47.1 Å². The Labute approximate surface area is 448 Å². The van der Waals surface area contributed by atoms with E-state index in [1.165, 1.54) is 39.6 Å². The SMILES string of the molecule is CC[C@H](N)C(=O)C[C@H](C(=O)N1C[C@@H](NC(=O)c2ccc(C(=O)N[C@H]3C[C@@H](C(=O)N[C@@H]4CCCc5ccccc54)N(C(=O)[C@@H](NC(=O)[C@@H](N)CC)C(C)(C)C)C3)cc2)C[C@H]1C(=O)N[C@@H]1CCCc2ccccc21)C(C)(C)C. The minimum atomic E-state index is -1.02. The summed E-state index contributed by atoms with van der Waals surface area (Å²) in [5, 5.41) is 15.3. The number of Topliss-reactive ketones (excluding diaryl/α,β-unsaturated/α-hetero) is 1. The Bertz CT molecular complexity index is 2460. The number of benzene rings is 3. The van der Waals surface area contributed by atoms with Crippen molar-refractivity contribution in [1.29, 1.82) is 0 Å². The van der Waals surface area contributed by atoms with Crippen molar-refractivity contribution in [2.75, 3.05) is 13.1 Å². The molecule has 2 aliphatic carbocycles. The minimum absolute atomic E-state index is 0.000353. The van der Waals surface area contributed by atoms with Crippen molar-refractivity contribution in [3.63, 3.8) is 0 Å². The van der Waals surface area contributed by atoms with Crippen LogP contribution in [0.25, 0.3) is 0 Å². The fourth-order valence-electron chi connectivity index (χ4n) is 11.3. The lowest BCUT2D eigenvalue weighted by atomic mass is 9.76. The van der Waals surface area contributed by atoms with Crippen LogP contribution in [-0.4, -0.2) is 112 Å². The summed E-state index contributed by atoms with van der Waals surface area (Å²) >= 11 is 0. The van der Waals surface area contributed by atoms with E-state index in [9.17, 15) is 38.4 Å². The normalized spacial score (nSPS) is 22.9. The molecule has 76 heavy (non-hydrogen) atoms. The van der Waals surface area contributed by atoms with Crippen LogP contribution in [0.2, 0.25) is 0 Å². The highest BCUT2D eigenvalue weighted by atomic mass is 16.2. The highest BCUT2D eigenvalue weighted by Crippen LogP contribution is 2.36. The number of nitrogens with two attached hydrogens (primary N) is 2. The van der Waals surface area contributed by atoms with Gasteiger partial charge in [0.2, 0.25) is 29.5 Å². The van der Waals surface area contributed by atoms with Crippen LogP contribution in [0, 0.1) is 16.7 Å². The first-order valence-corrected chi connectivity index (χ1v) is 27.4. The van der Waals surface area contributed by atoms with Gasteiger partial charge in [0.15, 0.2) is 0 Å². The zero-order valence-electron chi connectivity index (χ0n) is 45.7. The predicted molar refractivity (Wildman–Crippen MR) is 290 cm³/mol. The number of aryl methyl sites for hydroxylation is 2. The van der Waals surface area contributed by atoms with Gasteiger partial charge in [0.25, 0.3) is 11.8 Å². The molecule has 4 aliphatic rings. The number of rotatable bonds is 17. The first-order valence-electron chi connectivity index (χ1n) is 27.4. The van der Waals surface area contributed by atoms with E-state index in [2.05, 4.69) is 38.7 Å². The molecule has 17 nitrogen and oxygen atoms in total. The third kappa shape index (κ3) is 13.4. The molecule has 3 aromatic rings. The Morgan fingerprint density at radius 2 is 1.01 bits per heavy atom. The zero-order chi connectivity index (χ0) is 55.2. The molecule has 9 N–H and O–H groups in total. The summed E-state index contributed by atoms with van der Waals surface area (Å²) < 4.78 is 0. The minimum Gasteiger partial charge on any atom is -0.347 e. The predicted octanol–water partition coefficient (Wildman–Crippen LogP) is 5.10. The summed E-state index contributed by atoms with van der Waals surface area (Å²) in [6, 6.07) is 15.9. The van der Waals surface area contributed by atoms with Crippen LogP contribution in [0.5, 0.6) is 0 Å². The summed E-state index contributed by atoms with van der Waals surface area (Å²) in [5.41, 5.74) is 15.7. The molecule has 2 aliphatic heterocycles. The molecule has 410 valence electrons. The number of hydrogen-bond donors (Lipinski definition) is 7. The number of carbonyl (C=O) groups is 8. The van der Waals surface area contributed by atoms with E-state index < -0.39 is 82.7 Å². The number of nitrogens with one attached hydrogen (secondary N) is 5. The maximum absolute atomic E-state index is 14.7. The van der Waals surface area contributed by atoms with Crippen LogP contribution in [0.4, 0.5) is 0 Å². The van der Waals surface area contributed by atoms with Gasteiger partial charge in [-0.05, 0) is 122 Å². The molecule has 2 heterocycles. The molecule has 0 unspecified atom stereocenters. The number of hydrogen-bond acceptors (Lipinski definition) is 10. The maximum atomic E-state index is 14.7. The molecule has 3 aromatic carbocycles. The van der Waals surface area contributed by atoms with Crippen molar-refractivity contribution in [1.82, 2.24) is 36.4 Å². The summed E-state index contributed by atoms with van der Waals surface area (Å²) in [5.74, 6) is -3.93. The van der Waals surface area contributed by atoms with Gasteiger partial charge in [0.05, 0.1) is 24.2 Å². The van der Waals surface area contributed by atoms with Crippen molar-refractivity contribution in [2.24, 2.45) is 28.2 Å². The lowest BCUT2D eigenvalue weighted by Gasteiger charge is -2.36. The second-order valence-electron chi connectivity index (χ2n) is 23.6. The largest absolute Gasteiger partial charge is 0.347 e. The molecule has 7 rings (SSSR count). The monoisotopic (exact) mass is 1040 g/mol. The Morgan fingerprint density at radius 1 is 0.579 bits per heavy atom. The van der Waals surface area contributed by atoms with E-state index in [1.54, 1.807) is 6.92 Å². The van der Waals surface area contributed by atoms with Crippen molar-refractivity contribution in [3.05, 3.63) is 106 Å². The number of likely N-dealkylation sites (tertiary alicyclic amines) is 2. The van der Waals surface area contributed by atoms with Crippen molar-refractivity contribution in [3.8, 4) is 0 Å². The van der Waals surface area contributed by atoms with Gasteiger partial charge in [-0.15, -0.1) is 0 Å². The van der Waals surface area contributed by atoms with Crippen LogP contribution in [0.3, 0.4) is 0 Å². The van der Waals surface area contributed by atoms with Crippen LogP contribution in [0.15, 0.2) is 72.8 Å². The highest BCUT2D eigenvalue weighted by Gasteiger charge is 2.48. The maximum Gasteiger partial charge on any atom is 0.251 e. The zero-order valence-corrected chi connectivity index (χ0v) is 45.7. The van der Waals surface area contributed by atoms with E-state index in [0.29, 0.717) is 12.8 Å². The van der Waals surface area contributed by atoms with Gasteiger partial charge in [-0.3, -0.25) is 38.4 Å². The third-order valence-electron chi connectivity index (χ3n) is 16.0. The van der Waals surface area contributed by atoms with Gasteiger partial charge in [0.1, 0.15) is 23.9 Å². The van der Waals surface area contributed by atoms with E-state index in [-0.39, 0.29) is 79.1 Å². The van der Waals surface area contributed by atoms with Gasteiger partial charge >= 0.3 is 0 Å². The summed E-state index contributed by atoms with van der Waals surface area (Å²) in [6.07, 6.45) is 6.04. The van der Waals surface area contributed by atoms with Crippen LogP contribution in [-0.2, 0) is 41.6 Å². The second-order valence-corrected chi connectivity index (χ2v) is 23.6. The molecule has 0 bridgehead atoms. The topological polar surface area (TPSA) is 255 Å². The second kappa shape index (κ2) is 24.3. The molecule has 10 atom stereocenters. The number of nitrogens with zero attached hydrogens (tertiary/aromatic N) is 2. The molecule has 2 saturated heterocycles. The Balaban J connectivity index is 1.06. The standard InChI is InChI=1S/C59H81N9O8/c1-9-43(60)49(69)31-42(58(3,4)5)56(75)67-32-38(29-47(67)54(73)64-45-23-15-19-34-17-11-13-21-40(34)45)62-51(70)36-25-27-37(28-26-36)52(71)63-39-30-48(55(74)65-46-24-16-20-35-18-12-14-22-41(35)46)68(33-39)57(76)50(59(6,7)8)66-53(72)44(61)10-2/h11-14,17-18,21-22,25-28,38-39,42-48,50H,9-10,15-16,19-20,23-24,29-33,60-61H2,1-8H3,(H,62,70)(H,63,71)(H,64,73)(H,65,74)(H,66,72)/t38-,39-,42+,43-,44-,45+,46+,47-,48-,50+/m0/s1. The Kier molecular flexibility index (Phi) is 18.3. The molecular formula is C59H81N9O8. The number of ketones is 1. The molecule has 0 saturated carbocycles. The molecule has 2 fully saturated rings. The average molecular weight is 1040 g/mol. The van der Waals surface area contributed by atoms with Gasteiger partial charge in [-0.25, -0.2) is 0 Å². The van der Waals surface area contributed by atoms with Gasteiger partial charge in [-0.1, -0.05) is 104 Å². The summed E-state index contributed by atoms with van der Waals surface area (Å²) in [6.45, 7) is 14.8. The smallest absolute Gasteiger partial charge is 0.251 e. The van der Waals surface area contributed by atoms with E-state index in [0.717, 1.165) is 55.2 Å². The van der Waals surface area contributed by atoms with E-state index >= 15 is 0 Å². The van der Waals surface area contributed by atoms with Gasteiger partial charge in [-0.2, -0.15) is 0 Å². The van der Waals surface area contributed by atoms with Crippen LogP contribution < -0.4 is 38.1 Å². The van der Waals surface area contributed by atoms with Crippen LogP contribution >= 0.6 is 0 Å². The van der Waals surface area contributed by atoms with Crippen LogP contribution in [0.1, 0.15) is 168 Å². The number of fused-ring (bicyclic) bond motifs is 2. The summed E-state index contributed by atoms with van der Waals surface area (Å²) in [7, 11) is 0. The van der Waals surface area contributed by atoms with Crippen molar-refractivity contribution in [2.45, 2.75) is 180 Å². The lowest BCUT2D eigenvalue weighted by molar-refractivity contribution is -0.146. The Morgan fingerprint density at radius 3 is 1.43 bits per heavy atom. The molecule has 0 radical (unpaired) electrons. The Hall–Kier alpha value is -6.46. The van der Waals surface area contributed by atoms with Gasteiger partial charge < -0.3 is 47.9 Å². The fraction of sp³-hybridized carbons (Fsp3) is 0.559. The fourth-order valence-corrected chi connectivity index (χ4v) is 11.3. The lowest BCUT2D eigenvalue weighted by Crippen LogP contribution is -2.59. The molecule has 0 aromatic heterocycles.